The van der Waals surface area contributed by atoms with E-state index in [1.807, 2.05) is 47.0 Å². The van der Waals surface area contributed by atoms with Crippen molar-refractivity contribution in [3.63, 3.8) is 0 Å². The second-order valence-corrected chi connectivity index (χ2v) is 15.3. The fourth-order valence-electron chi connectivity index (χ4n) is 9.19. The Morgan fingerprint density at radius 3 is 1.43 bits per heavy atom. The number of nitrogens with zero attached hydrogens (tertiary/aromatic N) is 6. The number of amides is 4. The van der Waals surface area contributed by atoms with Gasteiger partial charge in [0.2, 0.25) is 0 Å². The van der Waals surface area contributed by atoms with Gasteiger partial charge in [-0.3, -0.25) is 0 Å². The van der Waals surface area contributed by atoms with Crippen LogP contribution in [-0.2, 0) is 0 Å². The molecule has 56 heavy (non-hydrogen) atoms. The molecular weight excluding hydrogens is 697 g/mol. The highest BCUT2D eigenvalue weighted by molar-refractivity contribution is 5.76. The molecular formula is C46H52N8O2. The van der Waals surface area contributed by atoms with Crippen LogP contribution in [0.15, 0.2) is 134 Å². The van der Waals surface area contributed by atoms with E-state index >= 15 is 0 Å². The minimum Gasteiger partial charge on any atom is -0.336 e. The van der Waals surface area contributed by atoms with Crippen molar-refractivity contribution in [2.24, 2.45) is 0 Å². The van der Waals surface area contributed by atoms with Gasteiger partial charge in [0, 0.05) is 65.1 Å². The number of piperidine rings is 2. The van der Waals surface area contributed by atoms with Crippen molar-refractivity contribution >= 4 is 12.1 Å². The highest BCUT2D eigenvalue weighted by Crippen LogP contribution is 2.40. The van der Waals surface area contributed by atoms with E-state index in [4.69, 9.17) is 0 Å². The number of carbonyl (C=O) groups is 2. The summed E-state index contributed by atoms with van der Waals surface area (Å²) in [6.07, 6.45) is 11.9. The van der Waals surface area contributed by atoms with Gasteiger partial charge in [-0.1, -0.05) is 109 Å². The predicted octanol–water partition coefficient (Wildman–Crippen LogP) is 8.58. The lowest BCUT2D eigenvalue weighted by Gasteiger charge is -2.33. The van der Waals surface area contributed by atoms with Gasteiger partial charge in [0.15, 0.2) is 0 Å². The molecule has 0 spiro atoms. The second-order valence-electron chi connectivity index (χ2n) is 15.3. The Morgan fingerprint density at radius 2 is 0.982 bits per heavy atom. The molecule has 0 radical (unpaired) electrons. The molecule has 6 aromatic rings. The van der Waals surface area contributed by atoms with Crippen molar-refractivity contribution in [3.8, 4) is 22.5 Å². The van der Waals surface area contributed by atoms with Crippen LogP contribution < -0.4 is 10.6 Å². The zero-order chi connectivity index (χ0) is 37.8. The molecule has 0 bridgehead atoms. The van der Waals surface area contributed by atoms with E-state index in [0.29, 0.717) is 24.9 Å². The van der Waals surface area contributed by atoms with Gasteiger partial charge in [-0.05, 0) is 47.9 Å². The van der Waals surface area contributed by atoms with Gasteiger partial charge < -0.3 is 29.6 Å². The lowest BCUT2D eigenvalue weighted by Crippen LogP contribution is -2.46. The second kappa shape index (κ2) is 15.9. The normalized spacial score (nSPS) is 20.5. The largest absolute Gasteiger partial charge is 0.336 e. The average Bonchev–Trinajstić information content (AvgIpc) is 4.06. The summed E-state index contributed by atoms with van der Waals surface area (Å²) < 4.78 is 4.32. The Morgan fingerprint density at radius 1 is 0.571 bits per heavy atom. The molecule has 10 rings (SSSR count). The van der Waals surface area contributed by atoms with Gasteiger partial charge in [-0.2, -0.15) is 0 Å². The number of imidazole rings is 2. The number of hydrogen-bond donors (Lipinski definition) is 2. The predicted molar refractivity (Wildman–Crippen MR) is 223 cm³/mol. The number of rotatable bonds is 6. The maximum atomic E-state index is 12.9. The van der Waals surface area contributed by atoms with E-state index in [1.165, 1.54) is 33.4 Å². The molecule has 2 aromatic heterocycles. The highest BCUT2D eigenvalue weighted by Gasteiger charge is 2.32. The van der Waals surface area contributed by atoms with Crippen molar-refractivity contribution in [3.05, 3.63) is 156 Å². The first-order valence-electron chi connectivity index (χ1n) is 20.0. The number of likely N-dealkylation sites (tertiary alicyclic amines) is 2. The van der Waals surface area contributed by atoms with Crippen LogP contribution in [0, 0.1) is 0 Å². The molecule has 4 aromatic carbocycles. The molecule has 4 aliphatic heterocycles. The molecule has 0 aliphatic carbocycles. The Kier molecular flexibility index (Phi) is 10.1. The van der Waals surface area contributed by atoms with Crippen LogP contribution in [0.1, 0.15) is 74.7 Å². The SMILES string of the molecule is O=C(NC[C@@H]1c2ccccc2-c2cncn21)N1CCC[C@@H](c2ccccc2)C1.O=C(NC[C@H]1c2ccccc2-c2cncn21)N1CCC[C@@H](c2ccccc2)C1.[HH].[HH]. The molecule has 6 heterocycles. The fourth-order valence-corrected chi connectivity index (χ4v) is 9.19. The van der Waals surface area contributed by atoms with Crippen LogP contribution in [0.25, 0.3) is 22.5 Å². The summed E-state index contributed by atoms with van der Waals surface area (Å²) in [7, 11) is 0. The molecule has 4 atom stereocenters. The van der Waals surface area contributed by atoms with Crippen molar-refractivity contribution in [2.45, 2.75) is 49.6 Å². The maximum Gasteiger partial charge on any atom is 0.317 e. The minimum absolute atomic E-state index is 0. The molecule has 4 amide bonds. The number of carbonyl (C=O) groups excluding carboxylic acids is 2. The third-order valence-electron chi connectivity index (χ3n) is 12.0. The quantitative estimate of drug-likeness (QED) is 0.178. The van der Waals surface area contributed by atoms with E-state index in [0.717, 1.165) is 63.3 Å². The average molecular weight is 749 g/mol. The number of fused-ring (bicyclic) bond motifs is 6. The number of urea groups is 2. The van der Waals surface area contributed by atoms with Gasteiger partial charge in [0.1, 0.15) is 0 Å². The first kappa shape index (κ1) is 35.5. The van der Waals surface area contributed by atoms with E-state index in [1.54, 1.807) is 0 Å². The Balaban J connectivity index is 0.000000171. The zero-order valence-corrected chi connectivity index (χ0v) is 31.6. The monoisotopic (exact) mass is 748 g/mol. The van der Waals surface area contributed by atoms with Crippen LogP contribution >= 0.6 is 0 Å². The van der Waals surface area contributed by atoms with Crippen LogP contribution in [0.3, 0.4) is 0 Å². The lowest BCUT2D eigenvalue weighted by molar-refractivity contribution is 0.178. The number of nitrogens with one attached hydrogen (secondary N) is 2. The molecule has 0 unspecified atom stereocenters. The lowest BCUT2D eigenvalue weighted by atomic mass is 9.91. The third-order valence-corrected chi connectivity index (χ3v) is 12.0. The van der Waals surface area contributed by atoms with E-state index < -0.39 is 0 Å². The summed E-state index contributed by atoms with van der Waals surface area (Å²) in [6, 6.07) is 38.1. The summed E-state index contributed by atoms with van der Waals surface area (Å²) in [5.74, 6) is 0.848. The highest BCUT2D eigenvalue weighted by atomic mass is 16.2. The molecule has 2 fully saturated rings. The van der Waals surface area contributed by atoms with Gasteiger partial charge >= 0.3 is 12.1 Å². The molecule has 2 saturated heterocycles. The Bertz CT molecular complexity index is 2140. The summed E-state index contributed by atoms with van der Waals surface area (Å²) in [4.78, 5) is 38.3. The van der Waals surface area contributed by atoms with Crippen LogP contribution in [-0.4, -0.2) is 80.2 Å². The van der Waals surface area contributed by atoms with Crippen molar-refractivity contribution in [2.75, 3.05) is 39.3 Å². The summed E-state index contributed by atoms with van der Waals surface area (Å²) in [6.45, 7) is 4.37. The van der Waals surface area contributed by atoms with Crippen LogP contribution in [0.4, 0.5) is 9.59 Å². The van der Waals surface area contributed by atoms with Crippen molar-refractivity contribution in [1.82, 2.24) is 39.5 Å². The van der Waals surface area contributed by atoms with Gasteiger partial charge in [-0.15, -0.1) is 0 Å². The van der Waals surface area contributed by atoms with Crippen LogP contribution in [0.5, 0.6) is 0 Å². The fraction of sp³-hybridized carbons (Fsp3) is 0.304. The first-order valence-corrected chi connectivity index (χ1v) is 20.0. The number of aromatic nitrogens is 4. The van der Waals surface area contributed by atoms with Gasteiger partial charge in [0.25, 0.3) is 0 Å². The van der Waals surface area contributed by atoms with E-state index in [9.17, 15) is 9.59 Å². The smallest absolute Gasteiger partial charge is 0.317 e. The molecule has 288 valence electrons. The third kappa shape index (κ3) is 7.07. The topological polar surface area (TPSA) is 100 Å². The Labute approximate surface area is 331 Å². The maximum absolute atomic E-state index is 12.9. The van der Waals surface area contributed by atoms with Crippen molar-refractivity contribution < 1.29 is 12.4 Å². The van der Waals surface area contributed by atoms with Crippen molar-refractivity contribution in [1.29, 1.82) is 0 Å². The minimum atomic E-state index is 0. The van der Waals surface area contributed by atoms with Gasteiger partial charge in [-0.25, -0.2) is 19.6 Å². The zero-order valence-electron chi connectivity index (χ0n) is 31.6. The number of hydrogen-bond acceptors (Lipinski definition) is 4. The van der Waals surface area contributed by atoms with Crippen LogP contribution in [0.2, 0.25) is 0 Å². The summed E-state index contributed by atoms with van der Waals surface area (Å²) >= 11 is 0. The molecule has 10 nitrogen and oxygen atoms in total. The molecule has 4 aliphatic rings. The van der Waals surface area contributed by atoms with Gasteiger partial charge in [0.05, 0.1) is 48.5 Å². The van der Waals surface area contributed by atoms with E-state index in [-0.39, 0.29) is 27.0 Å². The molecule has 0 saturated carbocycles. The standard InChI is InChI=1S/2C23H24N4O.2H2/c2*28-23(26-12-6-9-18(15-26)17-7-2-1-3-8-17)25-14-22-20-11-5-4-10-19(20)21-13-24-16-27(21)22;;/h2*1-5,7-8,10-11,13,16,18,22H,6,9,12,14-15H2,(H,25,28);2*1H/t18-,22+;18-,22-;;/m11../s1. The Hall–Kier alpha value is -6.16. The summed E-state index contributed by atoms with van der Waals surface area (Å²) in [5.41, 5.74) is 9.82. The molecule has 2 N–H and O–H groups in total. The summed E-state index contributed by atoms with van der Waals surface area (Å²) in [5, 5.41) is 6.35. The molecule has 10 heteroatoms. The number of benzene rings is 4. The van der Waals surface area contributed by atoms with E-state index in [2.05, 4.69) is 127 Å². The first-order chi connectivity index (χ1) is 27.6.